The lowest BCUT2D eigenvalue weighted by Crippen LogP contribution is -2.36. The minimum absolute atomic E-state index is 0.000556. The predicted molar refractivity (Wildman–Crippen MR) is 54.9 cm³/mol. The van der Waals surface area contributed by atoms with Crippen molar-refractivity contribution in [3.8, 4) is 0 Å². The summed E-state index contributed by atoms with van der Waals surface area (Å²) < 4.78 is 4.91. The van der Waals surface area contributed by atoms with E-state index in [0.29, 0.717) is 5.92 Å². The second-order valence-electron chi connectivity index (χ2n) is 3.35. The quantitative estimate of drug-likeness (QED) is 0.737. The van der Waals surface area contributed by atoms with Crippen molar-refractivity contribution in [1.29, 1.82) is 0 Å². The zero-order chi connectivity index (χ0) is 9.68. The van der Waals surface area contributed by atoms with Crippen LogP contribution in [0.1, 0.15) is 13.3 Å². The molecule has 1 aliphatic rings. The highest BCUT2D eigenvalue weighted by Gasteiger charge is 2.17. The molecule has 0 aromatic carbocycles. The van der Waals surface area contributed by atoms with E-state index >= 15 is 0 Å². The van der Waals surface area contributed by atoms with Crippen LogP contribution in [0.4, 0.5) is 0 Å². The Balaban J connectivity index is 2.13. The van der Waals surface area contributed by atoms with E-state index in [0.717, 1.165) is 6.54 Å². The summed E-state index contributed by atoms with van der Waals surface area (Å²) in [5.41, 5.74) is 0. The van der Waals surface area contributed by atoms with E-state index in [1.807, 2.05) is 11.8 Å². The third kappa shape index (κ3) is 3.56. The topological polar surface area (TPSA) is 38.3 Å². The highest BCUT2D eigenvalue weighted by atomic mass is 32.2. The molecule has 1 rings (SSSR count). The number of carbonyl (C=O) groups is 1. The smallest absolute Gasteiger partial charge is 0.248 e. The van der Waals surface area contributed by atoms with Gasteiger partial charge in [0.05, 0.1) is 0 Å². The monoisotopic (exact) mass is 203 g/mol. The van der Waals surface area contributed by atoms with Crippen LogP contribution in [-0.4, -0.2) is 37.2 Å². The zero-order valence-corrected chi connectivity index (χ0v) is 9.02. The van der Waals surface area contributed by atoms with E-state index in [2.05, 4.69) is 5.32 Å². The highest BCUT2D eigenvalue weighted by molar-refractivity contribution is 7.99. The summed E-state index contributed by atoms with van der Waals surface area (Å²) in [5, 5.41) is 2.90. The van der Waals surface area contributed by atoms with Gasteiger partial charge in [-0.1, -0.05) is 0 Å². The van der Waals surface area contributed by atoms with E-state index in [1.165, 1.54) is 17.9 Å². The number of carbonyl (C=O) groups excluding carboxylic acids is 1. The molecule has 3 nitrogen and oxygen atoms in total. The molecule has 0 aromatic heterocycles. The van der Waals surface area contributed by atoms with Crippen LogP contribution in [0.5, 0.6) is 0 Å². The van der Waals surface area contributed by atoms with Crippen LogP contribution in [0.15, 0.2) is 0 Å². The van der Waals surface area contributed by atoms with Crippen LogP contribution in [0, 0.1) is 5.92 Å². The van der Waals surface area contributed by atoms with Crippen molar-refractivity contribution in [2.45, 2.75) is 19.4 Å². The van der Waals surface area contributed by atoms with Crippen LogP contribution in [0.3, 0.4) is 0 Å². The van der Waals surface area contributed by atoms with E-state index in [1.54, 1.807) is 14.0 Å². The average Bonchev–Trinajstić information content (AvgIpc) is 2.65. The molecule has 1 N–H and O–H groups in total. The fraction of sp³-hybridized carbons (Fsp3) is 0.889. The van der Waals surface area contributed by atoms with Gasteiger partial charge in [-0.2, -0.15) is 11.8 Å². The number of hydrogen-bond donors (Lipinski definition) is 1. The second-order valence-corrected chi connectivity index (χ2v) is 4.50. The van der Waals surface area contributed by atoms with Crippen molar-refractivity contribution < 1.29 is 9.53 Å². The standard InChI is InChI=1S/C9H17NO2S/c1-7(12-2)9(11)10-5-8-3-4-13-6-8/h7-8H,3-6H2,1-2H3,(H,10,11). The Hall–Kier alpha value is -0.220. The SMILES string of the molecule is COC(C)C(=O)NCC1CCSC1. The minimum Gasteiger partial charge on any atom is -0.372 e. The lowest BCUT2D eigenvalue weighted by molar-refractivity contribution is -0.130. The molecule has 4 heteroatoms. The van der Waals surface area contributed by atoms with Gasteiger partial charge in [0.15, 0.2) is 0 Å². The molecule has 2 unspecified atom stereocenters. The lowest BCUT2D eigenvalue weighted by Gasteiger charge is -2.13. The molecule has 0 saturated carbocycles. The third-order valence-electron chi connectivity index (χ3n) is 2.31. The van der Waals surface area contributed by atoms with Crippen molar-refractivity contribution in [2.75, 3.05) is 25.2 Å². The van der Waals surface area contributed by atoms with Gasteiger partial charge in [0, 0.05) is 13.7 Å². The van der Waals surface area contributed by atoms with Crippen LogP contribution in [0.25, 0.3) is 0 Å². The summed E-state index contributed by atoms with van der Waals surface area (Å²) in [7, 11) is 1.55. The Kier molecular flexibility index (Phi) is 4.59. The Morgan fingerprint density at radius 2 is 2.54 bits per heavy atom. The number of ether oxygens (including phenoxy) is 1. The maximum Gasteiger partial charge on any atom is 0.248 e. The summed E-state index contributed by atoms with van der Waals surface area (Å²) in [5.74, 6) is 3.08. The van der Waals surface area contributed by atoms with Crippen LogP contribution >= 0.6 is 11.8 Å². The van der Waals surface area contributed by atoms with Crippen LogP contribution in [0.2, 0.25) is 0 Å². The Morgan fingerprint density at radius 3 is 3.08 bits per heavy atom. The van der Waals surface area contributed by atoms with Crippen molar-refractivity contribution >= 4 is 17.7 Å². The fourth-order valence-electron chi connectivity index (χ4n) is 1.24. The van der Waals surface area contributed by atoms with E-state index < -0.39 is 0 Å². The number of thioether (sulfide) groups is 1. The largest absolute Gasteiger partial charge is 0.372 e. The maximum absolute atomic E-state index is 11.3. The van der Waals surface area contributed by atoms with Crippen LogP contribution in [-0.2, 0) is 9.53 Å². The number of methoxy groups -OCH3 is 1. The van der Waals surface area contributed by atoms with Gasteiger partial charge < -0.3 is 10.1 Å². The van der Waals surface area contributed by atoms with E-state index in [4.69, 9.17) is 4.74 Å². The zero-order valence-electron chi connectivity index (χ0n) is 8.21. The maximum atomic E-state index is 11.3. The Morgan fingerprint density at radius 1 is 1.77 bits per heavy atom. The normalized spacial score (nSPS) is 24.3. The number of nitrogens with one attached hydrogen (secondary N) is 1. The van der Waals surface area contributed by atoms with Gasteiger partial charge in [-0.15, -0.1) is 0 Å². The average molecular weight is 203 g/mol. The lowest BCUT2D eigenvalue weighted by atomic mass is 10.1. The summed E-state index contributed by atoms with van der Waals surface area (Å²) in [4.78, 5) is 11.3. The molecule has 0 aromatic rings. The molecule has 0 bridgehead atoms. The van der Waals surface area contributed by atoms with Crippen molar-refractivity contribution in [3.05, 3.63) is 0 Å². The first kappa shape index (κ1) is 10.9. The van der Waals surface area contributed by atoms with Crippen molar-refractivity contribution in [2.24, 2.45) is 5.92 Å². The first-order valence-corrected chi connectivity index (χ1v) is 5.77. The molecule has 76 valence electrons. The van der Waals surface area contributed by atoms with Gasteiger partial charge in [-0.3, -0.25) is 4.79 Å². The molecular weight excluding hydrogens is 186 g/mol. The second kappa shape index (κ2) is 5.50. The molecule has 1 aliphatic heterocycles. The number of hydrogen-bond acceptors (Lipinski definition) is 3. The Bertz CT molecular complexity index is 169. The minimum atomic E-state index is -0.325. The molecular formula is C9H17NO2S. The summed E-state index contributed by atoms with van der Waals surface area (Å²) >= 11 is 1.97. The van der Waals surface area contributed by atoms with Gasteiger partial charge in [0.1, 0.15) is 6.10 Å². The van der Waals surface area contributed by atoms with E-state index in [-0.39, 0.29) is 12.0 Å². The molecule has 0 radical (unpaired) electrons. The first-order chi connectivity index (χ1) is 6.24. The molecule has 13 heavy (non-hydrogen) atoms. The molecule has 1 fully saturated rings. The van der Waals surface area contributed by atoms with Gasteiger partial charge >= 0.3 is 0 Å². The van der Waals surface area contributed by atoms with Crippen molar-refractivity contribution in [1.82, 2.24) is 5.32 Å². The summed E-state index contributed by atoms with van der Waals surface area (Å²) in [6.07, 6.45) is 0.904. The molecule has 1 saturated heterocycles. The highest BCUT2D eigenvalue weighted by Crippen LogP contribution is 2.22. The van der Waals surface area contributed by atoms with Crippen molar-refractivity contribution in [3.63, 3.8) is 0 Å². The van der Waals surface area contributed by atoms with Gasteiger partial charge in [-0.25, -0.2) is 0 Å². The molecule has 0 aliphatic carbocycles. The van der Waals surface area contributed by atoms with Gasteiger partial charge in [0.25, 0.3) is 0 Å². The molecule has 2 atom stereocenters. The molecule has 1 heterocycles. The third-order valence-corrected chi connectivity index (χ3v) is 3.54. The van der Waals surface area contributed by atoms with Gasteiger partial charge in [0.2, 0.25) is 5.91 Å². The summed E-state index contributed by atoms with van der Waals surface area (Å²) in [6.45, 7) is 2.57. The van der Waals surface area contributed by atoms with Crippen LogP contribution < -0.4 is 5.32 Å². The number of amides is 1. The first-order valence-electron chi connectivity index (χ1n) is 4.62. The Labute approximate surface area is 83.6 Å². The fourth-order valence-corrected chi connectivity index (χ4v) is 2.52. The predicted octanol–water partition coefficient (Wildman–Crippen LogP) is 0.891. The summed E-state index contributed by atoms with van der Waals surface area (Å²) in [6, 6.07) is 0. The molecule has 0 spiro atoms. The van der Waals surface area contributed by atoms with E-state index in [9.17, 15) is 4.79 Å². The van der Waals surface area contributed by atoms with Gasteiger partial charge in [-0.05, 0) is 30.8 Å². The number of rotatable bonds is 4. The molecule has 1 amide bonds.